The van der Waals surface area contributed by atoms with Crippen molar-refractivity contribution in [1.82, 2.24) is 5.32 Å². The molecule has 0 aromatic heterocycles. The zero-order valence-corrected chi connectivity index (χ0v) is 11.8. The monoisotopic (exact) mass is 259 g/mol. The number of halogens is 1. The van der Waals surface area contributed by atoms with Gasteiger partial charge in [0.1, 0.15) is 0 Å². The summed E-state index contributed by atoms with van der Waals surface area (Å²) in [6.07, 6.45) is 10.1. The molecule has 0 aromatic carbocycles. The molecular formula is C14H26ClNO. The van der Waals surface area contributed by atoms with Crippen LogP contribution in [0, 0.1) is 5.41 Å². The summed E-state index contributed by atoms with van der Waals surface area (Å²) >= 11 is 5.62. The van der Waals surface area contributed by atoms with E-state index in [1.807, 2.05) is 0 Å². The molecule has 0 spiro atoms. The lowest BCUT2D eigenvalue weighted by molar-refractivity contribution is -0.131. The number of rotatable bonds is 8. The number of nitrogens with one attached hydrogen (secondary N) is 1. The normalized spacial score (nSPS) is 18.2. The molecule has 0 atom stereocenters. The maximum Gasteiger partial charge on any atom is 0.226 e. The Morgan fingerprint density at radius 1 is 1.18 bits per heavy atom. The van der Waals surface area contributed by atoms with Gasteiger partial charge in [-0.25, -0.2) is 0 Å². The van der Waals surface area contributed by atoms with Crippen LogP contribution in [-0.2, 0) is 4.79 Å². The van der Waals surface area contributed by atoms with Gasteiger partial charge in [-0.15, -0.1) is 11.6 Å². The molecule has 0 unspecified atom stereocenters. The summed E-state index contributed by atoms with van der Waals surface area (Å²) in [7, 11) is 0. The molecule has 0 aliphatic heterocycles. The van der Waals surface area contributed by atoms with E-state index >= 15 is 0 Å². The fourth-order valence-electron chi connectivity index (χ4n) is 2.76. The van der Waals surface area contributed by atoms with E-state index in [2.05, 4.69) is 12.2 Å². The molecule has 0 heterocycles. The van der Waals surface area contributed by atoms with Crippen LogP contribution in [0.25, 0.3) is 0 Å². The van der Waals surface area contributed by atoms with E-state index in [1.165, 1.54) is 25.7 Å². The highest BCUT2D eigenvalue weighted by atomic mass is 35.5. The standard InChI is InChI=1S/C14H26ClNO/c1-2-14(9-5-6-10-14)13(17)16-12-8-4-3-7-11-15/h2-12H2,1H3,(H,16,17). The quantitative estimate of drug-likeness (QED) is 0.520. The van der Waals surface area contributed by atoms with Crippen LogP contribution in [0.5, 0.6) is 0 Å². The number of hydrogen-bond acceptors (Lipinski definition) is 1. The van der Waals surface area contributed by atoms with Crippen LogP contribution in [0.4, 0.5) is 0 Å². The number of unbranched alkanes of at least 4 members (excludes halogenated alkanes) is 3. The van der Waals surface area contributed by atoms with Crippen LogP contribution < -0.4 is 5.32 Å². The van der Waals surface area contributed by atoms with Crippen molar-refractivity contribution in [1.29, 1.82) is 0 Å². The molecule has 2 nitrogen and oxygen atoms in total. The van der Waals surface area contributed by atoms with Crippen LogP contribution in [0.1, 0.15) is 64.7 Å². The summed E-state index contributed by atoms with van der Waals surface area (Å²) in [5.74, 6) is 1.06. The Bertz CT molecular complexity index is 224. The zero-order chi connectivity index (χ0) is 12.6. The van der Waals surface area contributed by atoms with Gasteiger partial charge in [0.2, 0.25) is 5.91 Å². The molecule has 0 aromatic rings. The minimum Gasteiger partial charge on any atom is -0.356 e. The third-order valence-electron chi connectivity index (χ3n) is 4.07. The Morgan fingerprint density at radius 2 is 1.82 bits per heavy atom. The first-order valence-corrected chi connectivity index (χ1v) is 7.63. The average molecular weight is 260 g/mol. The number of carbonyl (C=O) groups is 1. The Kier molecular flexibility index (Phi) is 6.94. The van der Waals surface area contributed by atoms with Crippen molar-refractivity contribution >= 4 is 17.5 Å². The van der Waals surface area contributed by atoms with Gasteiger partial charge in [-0.3, -0.25) is 4.79 Å². The molecule has 1 rings (SSSR count). The molecule has 1 aliphatic rings. The van der Waals surface area contributed by atoms with Crippen LogP contribution >= 0.6 is 11.6 Å². The van der Waals surface area contributed by atoms with Gasteiger partial charge in [0.05, 0.1) is 0 Å². The highest BCUT2D eigenvalue weighted by Crippen LogP contribution is 2.40. The van der Waals surface area contributed by atoms with Gasteiger partial charge in [-0.05, 0) is 32.1 Å². The summed E-state index contributed by atoms with van der Waals surface area (Å²) < 4.78 is 0. The first-order chi connectivity index (χ1) is 8.25. The summed E-state index contributed by atoms with van der Waals surface area (Å²) in [4.78, 5) is 12.2. The first kappa shape index (κ1) is 14.8. The fourth-order valence-corrected chi connectivity index (χ4v) is 2.94. The molecule has 0 bridgehead atoms. The third-order valence-corrected chi connectivity index (χ3v) is 4.33. The minimum absolute atomic E-state index is 0.0316. The van der Waals surface area contributed by atoms with Crippen molar-refractivity contribution in [3.63, 3.8) is 0 Å². The Labute approximate surface area is 110 Å². The number of carbonyl (C=O) groups excluding carboxylic acids is 1. The van der Waals surface area contributed by atoms with Crippen molar-refractivity contribution in [3.8, 4) is 0 Å². The van der Waals surface area contributed by atoms with Crippen LogP contribution in [0.15, 0.2) is 0 Å². The van der Waals surface area contributed by atoms with Crippen molar-refractivity contribution in [2.24, 2.45) is 5.41 Å². The SMILES string of the molecule is CCC1(C(=O)NCCCCCCCl)CCCC1. The minimum atomic E-state index is -0.0316. The van der Waals surface area contributed by atoms with Crippen molar-refractivity contribution in [2.75, 3.05) is 12.4 Å². The molecule has 100 valence electrons. The van der Waals surface area contributed by atoms with Crippen molar-refractivity contribution in [2.45, 2.75) is 64.7 Å². The maximum atomic E-state index is 12.2. The van der Waals surface area contributed by atoms with Gasteiger partial charge in [0.25, 0.3) is 0 Å². The number of hydrogen-bond donors (Lipinski definition) is 1. The van der Waals surface area contributed by atoms with E-state index in [0.29, 0.717) is 5.91 Å². The molecular weight excluding hydrogens is 234 g/mol. The van der Waals surface area contributed by atoms with Crippen molar-refractivity contribution < 1.29 is 4.79 Å². The van der Waals surface area contributed by atoms with Gasteiger partial charge in [0.15, 0.2) is 0 Å². The van der Waals surface area contributed by atoms with E-state index in [4.69, 9.17) is 11.6 Å². The maximum absolute atomic E-state index is 12.2. The molecule has 1 amide bonds. The smallest absolute Gasteiger partial charge is 0.226 e. The molecule has 17 heavy (non-hydrogen) atoms. The largest absolute Gasteiger partial charge is 0.356 e. The molecule has 1 aliphatic carbocycles. The van der Waals surface area contributed by atoms with Crippen molar-refractivity contribution in [3.05, 3.63) is 0 Å². The summed E-state index contributed by atoms with van der Waals surface area (Å²) in [6, 6.07) is 0. The van der Waals surface area contributed by atoms with Crippen LogP contribution in [0.2, 0.25) is 0 Å². The molecule has 1 N–H and O–H groups in total. The van der Waals surface area contributed by atoms with Gasteiger partial charge >= 0.3 is 0 Å². The van der Waals surface area contributed by atoms with Crippen LogP contribution in [-0.4, -0.2) is 18.3 Å². The Hall–Kier alpha value is -0.240. The molecule has 3 heteroatoms. The average Bonchev–Trinajstić information content (AvgIpc) is 2.83. The third kappa shape index (κ3) is 4.50. The molecule has 0 saturated heterocycles. The second kappa shape index (κ2) is 7.97. The second-order valence-electron chi connectivity index (χ2n) is 5.20. The van der Waals surface area contributed by atoms with Gasteiger partial charge in [-0.1, -0.05) is 32.6 Å². The first-order valence-electron chi connectivity index (χ1n) is 7.09. The zero-order valence-electron chi connectivity index (χ0n) is 11.1. The van der Waals surface area contributed by atoms with Crippen LogP contribution in [0.3, 0.4) is 0 Å². The Morgan fingerprint density at radius 3 is 2.41 bits per heavy atom. The topological polar surface area (TPSA) is 29.1 Å². The van der Waals surface area contributed by atoms with E-state index in [0.717, 1.165) is 44.5 Å². The van der Waals surface area contributed by atoms with E-state index in [1.54, 1.807) is 0 Å². The van der Waals surface area contributed by atoms with Gasteiger partial charge in [-0.2, -0.15) is 0 Å². The van der Waals surface area contributed by atoms with E-state index < -0.39 is 0 Å². The number of amides is 1. The predicted octanol–water partition coefficient (Wildman–Crippen LogP) is 3.87. The lowest BCUT2D eigenvalue weighted by Gasteiger charge is -2.25. The summed E-state index contributed by atoms with van der Waals surface area (Å²) in [6.45, 7) is 2.98. The Balaban J connectivity index is 2.15. The highest BCUT2D eigenvalue weighted by molar-refractivity contribution is 6.17. The van der Waals surface area contributed by atoms with Gasteiger partial charge < -0.3 is 5.32 Å². The highest BCUT2D eigenvalue weighted by Gasteiger charge is 2.38. The number of alkyl halides is 1. The summed E-state index contributed by atoms with van der Waals surface area (Å²) in [5, 5.41) is 3.12. The van der Waals surface area contributed by atoms with E-state index in [9.17, 15) is 4.79 Å². The van der Waals surface area contributed by atoms with Gasteiger partial charge in [0, 0.05) is 17.8 Å². The summed E-state index contributed by atoms with van der Waals surface area (Å²) in [5.41, 5.74) is -0.0316. The lowest BCUT2D eigenvalue weighted by Crippen LogP contribution is -2.39. The molecule has 1 saturated carbocycles. The van der Waals surface area contributed by atoms with E-state index in [-0.39, 0.29) is 5.41 Å². The predicted molar refractivity (Wildman–Crippen MR) is 73.4 cm³/mol. The molecule has 0 radical (unpaired) electrons. The second-order valence-corrected chi connectivity index (χ2v) is 5.58. The molecule has 1 fully saturated rings. The lowest BCUT2D eigenvalue weighted by atomic mass is 9.82. The fraction of sp³-hybridized carbons (Fsp3) is 0.929.